The van der Waals surface area contributed by atoms with E-state index in [4.69, 9.17) is 5.11 Å². The maximum Gasteiger partial charge on any atom is 0.417 e. The van der Waals surface area contributed by atoms with Crippen LogP contribution in [0.2, 0.25) is 0 Å². The number of rotatable bonds is 2. The van der Waals surface area contributed by atoms with E-state index < -0.39 is 17.8 Å². The molecule has 0 saturated carbocycles. The zero-order valence-corrected chi connectivity index (χ0v) is 9.81. The molecule has 104 valence electrons. The van der Waals surface area contributed by atoms with Crippen molar-refractivity contribution in [3.8, 4) is 0 Å². The van der Waals surface area contributed by atoms with Gasteiger partial charge >= 0.3 is 12.3 Å². The summed E-state index contributed by atoms with van der Waals surface area (Å²) in [7, 11) is 0. The Labute approximate surface area is 107 Å². The Bertz CT molecular complexity index is 461. The van der Waals surface area contributed by atoms with Gasteiger partial charge in [0, 0.05) is 25.3 Å². The fourth-order valence-corrected chi connectivity index (χ4v) is 1.91. The molecule has 1 unspecified atom stereocenters. The van der Waals surface area contributed by atoms with E-state index in [2.05, 4.69) is 10.3 Å². The van der Waals surface area contributed by atoms with Gasteiger partial charge < -0.3 is 15.3 Å². The number of anilines is 1. The van der Waals surface area contributed by atoms with Crippen LogP contribution in [0.1, 0.15) is 12.0 Å². The van der Waals surface area contributed by atoms with Crippen LogP contribution in [-0.2, 0) is 6.18 Å². The molecule has 1 fully saturated rings. The first-order valence-corrected chi connectivity index (χ1v) is 5.64. The van der Waals surface area contributed by atoms with Gasteiger partial charge in [-0.1, -0.05) is 0 Å². The summed E-state index contributed by atoms with van der Waals surface area (Å²) in [6.07, 6.45) is -4.04. The Hall–Kier alpha value is -1.99. The number of likely N-dealkylation sites (tertiary alicyclic amines) is 1. The van der Waals surface area contributed by atoms with Crippen molar-refractivity contribution in [2.24, 2.45) is 0 Å². The molecule has 0 aromatic carbocycles. The highest BCUT2D eigenvalue weighted by Crippen LogP contribution is 2.29. The minimum atomic E-state index is -4.40. The van der Waals surface area contributed by atoms with Gasteiger partial charge in [0.05, 0.1) is 5.56 Å². The van der Waals surface area contributed by atoms with Gasteiger partial charge in [-0.25, -0.2) is 9.78 Å². The van der Waals surface area contributed by atoms with Crippen LogP contribution < -0.4 is 5.32 Å². The fourth-order valence-electron chi connectivity index (χ4n) is 1.91. The Kier molecular flexibility index (Phi) is 3.50. The van der Waals surface area contributed by atoms with Crippen LogP contribution in [0.3, 0.4) is 0 Å². The molecular weight excluding hydrogens is 263 g/mol. The highest BCUT2D eigenvalue weighted by atomic mass is 19.4. The number of nitrogens with one attached hydrogen (secondary N) is 1. The van der Waals surface area contributed by atoms with E-state index in [1.807, 2.05) is 0 Å². The second kappa shape index (κ2) is 4.94. The molecule has 0 bridgehead atoms. The fraction of sp³-hybridized carbons (Fsp3) is 0.455. The minimum absolute atomic E-state index is 0.125. The van der Waals surface area contributed by atoms with E-state index >= 15 is 0 Å². The van der Waals surface area contributed by atoms with E-state index in [0.29, 0.717) is 25.3 Å². The third kappa shape index (κ3) is 3.27. The Morgan fingerprint density at radius 3 is 2.68 bits per heavy atom. The van der Waals surface area contributed by atoms with Crippen molar-refractivity contribution in [3.05, 3.63) is 23.9 Å². The molecule has 1 saturated heterocycles. The van der Waals surface area contributed by atoms with Gasteiger partial charge in [-0.2, -0.15) is 13.2 Å². The van der Waals surface area contributed by atoms with E-state index in [0.717, 1.165) is 12.3 Å². The lowest BCUT2D eigenvalue weighted by Crippen LogP contribution is -2.30. The van der Waals surface area contributed by atoms with Crippen LogP contribution in [0.5, 0.6) is 0 Å². The summed E-state index contributed by atoms with van der Waals surface area (Å²) in [5.74, 6) is 0.310. The monoisotopic (exact) mass is 275 g/mol. The van der Waals surface area contributed by atoms with Crippen LogP contribution in [0.4, 0.5) is 23.8 Å². The maximum absolute atomic E-state index is 12.3. The highest BCUT2D eigenvalue weighted by molar-refractivity contribution is 5.65. The zero-order chi connectivity index (χ0) is 14.0. The van der Waals surface area contributed by atoms with Gasteiger partial charge in [0.2, 0.25) is 0 Å². The molecule has 5 nitrogen and oxygen atoms in total. The maximum atomic E-state index is 12.3. The highest BCUT2D eigenvalue weighted by Gasteiger charge is 2.31. The smallest absolute Gasteiger partial charge is 0.417 e. The third-order valence-electron chi connectivity index (χ3n) is 2.90. The predicted molar refractivity (Wildman–Crippen MR) is 60.9 cm³/mol. The first kappa shape index (κ1) is 13.4. The molecule has 0 radical (unpaired) electrons. The number of pyridine rings is 1. The van der Waals surface area contributed by atoms with E-state index in [1.54, 1.807) is 0 Å². The minimum Gasteiger partial charge on any atom is -0.465 e. The summed E-state index contributed by atoms with van der Waals surface area (Å²) in [4.78, 5) is 15.6. The molecule has 1 amide bonds. The number of hydrogen-bond donors (Lipinski definition) is 2. The van der Waals surface area contributed by atoms with Gasteiger partial charge in [-0.05, 0) is 18.6 Å². The largest absolute Gasteiger partial charge is 0.465 e. The van der Waals surface area contributed by atoms with Crippen LogP contribution in [0, 0.1) is 0 Å². The Morgan fingerprint density at radius 2 is 2.21 bits per heavy atom. The molecule has 1 aliphatic rings. The number of aromatic nitrogens is 1. The Morgan fingerprint density at radius 1 is 1.47 bits per heavy atom. The second-order valence-electron chi connectivity index (χ2n) is 4.29. The van der Waals surface area contributed by atoms with Crippen molar-refractivity contribution in [1.29, 1.82) is 0 Å². The number of alkyl halides is 3. The lowest BCUT2D eigenvalue weighted by atomic mass is 10.2. The molecule has 1 aliphatic heterocycles. The van der Waals surface area contributed by atoms with Crippen molar-refractivity contribution >= 4 is 11.9 Å². The molecule has 1 aromatic heterocycles. The summed E-state index contributed by atoms with van der Waals surface area (Å²) in [6, 6.07) is 2.06. The number of carboxylic acid groups (broad SMARTS) is 1. The molecule has 19 heavy (non-hydrogen) atoms. The zero-order valence-electron chi connectivity index (χ0n) is 9.81. The molecule has 2 heterocycles. The molecule has 8 heteroatoms. The standard InChI is InChI=1S/C11H12F3N3O2/c12-11(13,14)7-1-2-9(15-5-7)16-8-3-4-17(6-8)10(18)19/h1-2,5,8H,3-4,6H2,(H,15,16)(H,18,19). The first-order chi connectivity index (χ1) is 8.86. The van der Waals surface area contributed by atoms with Crippen molar-refractivity contribution in [3.63, 3.8) is 0 Å². The molecule has 2 rings (SSSR count). The molecule has 1 aromatic rings. The van der Waals surface area contributed by atoms with E-state index in [1.165, 1.54) is 11.0 Å². The van der Waals surface area contributed by atoms with Gasteiger partial charge in [0.1, 0.15) is 5.82 Å². The summed E-state index contributed by atoms with van der Waals surface area (Å²) >= 11 is 0. The number of hydrogen-bond acceptors (Lipinski definition) is 3. The topological polar surface area (TPSA) is 65.5 Å². The van der Waals surface area contributed by atoms with Crippen molar-refractivity contribution < 1.29 is 23.1 Å². The lowest BCUT2D eigenvalue weighted by Gasteiger charge is -2.14. The molecule has 0 aliphatic carbocycles. The SMILES string of the molecule is O=C(O)N1CCC(Nc2ccc(C(F)(F)F)cn2)C1. The van der Waals surface area contributed by atoms with Gasteiger partial charge in [0.25, 0.3) is 0 Å². The van der Waals surface area contributed by atoms with Gasteiger partial charge in [0.15, 0.2) is 0 Å². The molecular formula is C11H12F3N3O2. The second-order valence-corrected chi connectivity index (χ2v) is 4.29. The predicted octanol–water partition coefficient (Wildman–Crippen LogP) is 2.26. The molecule has 2 N–H and O–H groups in total. The van der Waals surface area contributed by atoms with Crippen LogP contribution in [0.15, 0.2) is 18.3 Å². The van der Waals surface area contributed by atoms with E-state index in [9.17, 15) is 18.0 Å². The molecule has 1 atom stereocenters. The quantitative estimate of drug-likeness (QED) is 0.869. The normalized spacial score (nSPS) is 19.5. The van der Waals surface area contributed by atoms with Crippen LogP contribution in [-0.4, -0.2) is 40.2 Å². The molecule has 0 spiro atoms. The summed E-state index contributed by atoms with van der Waals surface area (Å²) in [6.45, 7) is 0.714. The van der Waals surface area contributed by atoms with Crippen LogP contribution >= 0.6 is 0 Å². The van der Waals surface area contributed by atoms with Crippen molar-refractivity contribution in [2.45, 2.75) is 18.6 Å². The number of nitrogens with zero attached hydrogens (tertiary/aromatic N) is 2. The Balaban J connectivity index is 1.96. The van der Waals surface area contributed by atoms with E-state index in [-0.39, 0.29) is 6.04 Å². The summed E-state index contributed by atoms with van der Waals surface area (Å²) in [5, 5.41) is 11.7. The van der Waals surface area contributed by atoms with Crippen molar-refractivity contribution in [1.82, 2.24) is 9.88 Å². The van der Waals surface area contributed by atoms with Gasteiger partial charge in [-0.3, -0.25) is 0 Å². The average molecular weight is 275 g/mol. The lowest BCUT2D eigenvalue weighted by molar-refractivity contribution is -0.137. The van der Waals surface area contributed by atoms with Crippen LogP contribution in [0.25, 0.3) is 0 Å². The van der Waals surface area contributed by atoms with Gasteiger partial charge in [-0.15, -0.1) is 0 Å². The summed E-state index contributed by atoms with van der Waals surface area (Å²) < 4.78 is 37.0. The average Bonchev–Trinajstić information content (AvgIpc) is 2.77. The number of carbonyl (C=O) groups is 1. The van der Waals surface area contributed by atoms with Crippen molar-refractivity contribution in [2.75, 3.05) is 18.4 Å². The number of halogens is 3. The third-order valence-corrected chi connectivity index (χ3v) is 2.90. The first-order valence-electron chi connectivity index (χ1n) is 5.64. The number of amides is 1. The summed E-state index contributed by atoms with van der Waals surface area (Å²) in [5.41, 5.74) is -0.809.